The van der Waals surface area contributed by atoms with E-state index in [4.69, 9.17) is 9.47 Å². The molecule has 0 unspecified atom stereocenters. The van der Waals surface area contributed by atoms with Crippen LogP contribution in [-0.4, -0.2) is 0 Å². The van der Waals surface area contributed by atoms with Crippen molar-refractivity contribution >= 4 is 27.8 Å². The fraction of sp³-hybridized carbons (Fsp3) is 0.0303. The van der Waals surface area contributed by atoms with E-state index in [9.17, 15) is 0 Å². The Kier molecular flexibility index (Phi) is 7.92. The lowest BCUT2D eigenvalue weighted by molar-refractivity contribution is 0.436. The zero-order valence-corrected chi connectivity index (χ0v) is 37.4. The van der Waals surface area contributed by atoms with Gasteiger partial charge in [-0.05, 0) is 116 Å². The molecule has 0 fully saturated rings. The highest BCUT2D eigenvalue weighted by molar-refractivity contribution is 6.11. The molecule has 15 rings (SSSR count). The van der Waals surface area contributed by atoms with Crippen LogP contribution in [-0.2, 0) is 10.8 Å². The Balaban J connectivity index is 1.05. The minimum Gasteiger partial charge on any atom is -0.457 e. The summed E-state index contributed by atoms with van der Waals surface area (Å²) >= 11 is 0. The van der Waals surface area contributed by atoms with E-state index in [0.717, 1.165) is 62.3 Å². The molecular weight excluding hydrogens is 839 g/mol. The monoisotopic (exact) mass is 879 g/mol. The Hall–Kier alpha value is -8.92. The summed E-state index contributed by atoms with van der Waals surface area (Å²) in [5.41, 5.74) is 18.8. The van der Waals surface area contributed by atoms with Crippen molar-refractivity contribution in [2.75, 3.05) is 4.90 Å². The Labute approximate surface area is 400 Å². The minimum absolute atomic E-state index is 0.628. The average Bonchev–Trinajstić information content (AvgIpc) is 3.87. The maximum atomic E-state index is 6.80. The topological polar surface area (TPSA) is 21.7 Å². The first-order chi connectivity index (χ1) is 34.2. The third-order valence-corrected chi connectivity index (χ3v) is 15.4. The summed E-state index contributed by atoms with van der Waals surface area (Å²) < 4.78 is 13.6. The number of fused-ring (bicyclic) bond motifs is 20. The lowest BCUT2D eigenvalue weighted by atomic mass is 9.66. The van der Waals surface area contributed by atoms with Crippen molar-refractivity contribution in [3.63, 3.8) is 0 Å². The van der Waals surface area contributed by atoms with Gasteiger partial charge in [0.05, 0.1) is 16.5 Å². The largest absolute Gasteiger partial charge is 0.457 e. The fourth-order valence-corrected chi connectivity index (χ4v) is 12.7. The van der Waals surface area contributed by atoms with E-state index in [-0.39, 0.29) is 0 Å². The maximum absolute atomic E-state index is 6.80. The van der Waals surface area contributed by atoms with Crippen molar-refractivity contribution in [1.29, 1.82) is 0 Å². The van der Waals surface area contributed by atoms with Gasteiger partial charge in [-0.15, -0.1) is 0 Å². The molecule has 69 heavy (non-hydrogen) atoms. The van der Waals surface area contributed by atoms with Gasteiger partial charge in [0.1, 0.15) is 23.0 Å². The van der Waals surface area contributed by atoms with Gasteiger partial charge < -0.3 is 14.4 Å². The van der Waals surface area contributed by atoms with Crippen LogP contribution >= 0.6 is 0 Å². The highest BCUT2D eigenvalue weighted by atomic mass is 16.5. The number of anilines is 3. The zero-order chi connectivity index (χ0) is 45.3. The van der Waals surface area contributed by atoms with Crippen molar-refractivity contribution in [3.8, 4) is 56.4 Å². The van der Waals surface area contributed by atoms with E-state index in [1.165, 1.54) is 66.4 Å². The summed E-state index contributed by atoms with van der Waals surface area (Å²) in [6.07, 6.45) is 0. The molecule has 2 spiro atoms. The van der Waals surface area contributed by atoms with Gasteiger partial charge in [0.25, 0.3) is 0 Å². The van der Waals surface area contributed by atoms with Crippen molar-refractivity contribution in [2.24, 2.45) is 0 Å². The van der Waals surface area contributed by atoms with Gasteiger partial charge in [0.2, 0.25) is 0 Å². The van der Waals surface area contributed by atoms with Gasteiger partial charge in [-0.2, -0.15) is 0 Å². The summed E-state index contributed by atoms with van der Waals surface area (Å²) in [7, 11) is 0. The number of para-hydroxylation sites is 4. The van der Waals surface area contributed by atoms with Crippen LogP contribution in [0.4, 0.5) is 17.1 Å². The summed E-state index contributed by atoms with van der Waals surface area (Å²) in [6, 6.07) is 91.0. The van der Waals surface area contributed by atoms with Crippen LogP contribution in [0.1, 0.15) is 44.5 Å². The first-order valence-electron chi connectivity index (χ1n) is 23.8. The first kappa shape index (κ1) is 38.2. The van der Waals surface area contributed by atoms with Gasteiger partial charge in [0.15, 0.2) is 0 Å². The van der Waals surface area contributed by atoms with Crippen molar-refractivity contribution in [3.05, 3.63) is 293 Å². The number of nitrogens with zero attached hydrogens (tertiary/aromatic N) is 1. The van der Waals surface area contributed by atoms with E-state index >= 15 is 0 Å². The molecule has 2 aliphatic heterocycles. The number of rotatable bonds is 4. The smallest absolute Gasteiger partial charge is 0.132 e. The lowest BCUT2D eigenvalue weighted by Crippen LogP contribution is -2.32. The third kappa shape index (κ3) is 5.06. The first-order valence-corrected chi connectivity index (χ1v) is 23.8. The van der Waals surface area contributed by atoms with Gasteiger partial charge in [-0.1, -0.05) is 194 Å². The summed E-state index contributed by atoms with van der Waals surface area (Å²) in [5, 5.41) is 2.38. The lowest BCUT2D eigenvalue weighted by Gasteiger charge is -2.40. The van der Waals surface area contributed by atoms with Crippen LogP contribution in [0.2, 0.25) is 0 Å². The molecule has 2 heterocycles. The van der Waals surface area contributed by atoms with E-state index < -0.39 is 10.8 Å². The van der Waals surface area contributed by atoms with Gasteiger partial charge in [0, 0.05) is 39.0 Å². The molecule has 3 heteroatoms. The highest BCUT2D eigenvalue weighted by Gasteiger charge is 2.53. The number of benzene rings is 11. The summed E-state index contributed by atoms with van der Waals surface area (Å²) in [4.78, 5) is 2.51. The molecule has 11 aromatic rings. The standard InChI is InChI=1S/C66H41NO2/c1-2-18-42(19-3-1)43-34-36-44(37-35-43)67(45-38-39-47-46-20-6-8-24-51(46)65(57(47)40-45)53-26-10-14-30-60(53)68-61-31-15-11-27-54(61)65)59-41-58-64(49-22-5-4-21-48(49)59)50-23-7-9-25-52(50)66(58)55-28-12-16-32-62(55)69-63-33-17-13-29-56(63)66/h1-41H. The van der Waals surface area contributed by atoms with Gasteiger partial charge in [-0.25, -0.2) is 0 Å². The average molecular weight is 880 g/mol. The van der Waals surface area contributed by atoms with Crippen LogP contribution in [0.3, 0.4) is 0 Å². The van der Waals surface area contributed by atoms with E-state index in [0.29, 0.717) is 0 Å². The molecule has 0 saturated heterocycles. The quantitative estimate of drug-likeness (QED) is 0.176. The predicted molar refractivity (Wildman–Crippen MR) is 279 cm³/mol. The molecule has 2 aliphatic carbocycles. The molecule has 4 aliphatic rings. The zero-order valence-electron chi connectivity index (χ0n) is 37.4. The number of hydrogen-bond acceptors (Lipinski definition) is 3. The minimum atomic E-state index is -0.655. The summed E-state index contributed by atoms with van der Waals surface area (Å²) in [6.45, 7) is 0. The van der Waals surface area contributed by atoms with E-state index in [1.54, 1.807) is 0 Å². The Morgan fingerprint density at radius 3 is 1.29 bits per heavy atom. The molecule has 0 aromatic heterocycles. The van der Waals surface area contributed by atoms with Crippen LogP contribution in [0, 0.1) is 0 Å². The van der Waals surface area contributed by atoms with E-state index in [1.807, 2.05) is 0 Å². The van der Waals surface area contributed by atoms with Gasteiger partial charge in [-0.3, -0.25) is 0 Å². The SMILES string of the molecule is c1ccc(-c2ccc(N(c3ccc4c(c3)C3(c5ccccc5Oc5ccccc53)c3ccccc3-4)c3cc4c(c5ccccc35)-c3ccccc3C43c4ccccc4Oc4ccccc43)cc2)cc1. The third-order valence-electron chi connectivity index (χ3n) is 15.4. The maximum Gasteiger partial charge on any atom is 0.132 e. The molecule has 0 atom stereocenters. The molecule has 0 saturated carbocycles. The molecule has 0 amide bonds. The number of hydrogen-bond donors (Lipinski definition) is 0. The molecule has 0 bridgehead atoms. The molecular formula is C66H41NO2. The second kappa shape index (κ2) is 14.3. The second-order valence-corrected chi connectivity index (χ2v) is 18.6. The van der Waals surface area contributed by atoms with Crippen molar-refractivity contribution < 1.29 is 9.47 Å². The van der Waals surface area contributed by atoms with Crippen molar-refractivity contribution in [2.45, 2.75) is 10.8 Å². The van der Waals surface area contributed by atoms with E-state index in [2.05, 4.69) is 254 Å². The van der Waals surface area contributed by atoms with Crippen LogP contribution in [0.25, 0.3) is 44.2 Å². The fourth-order valence-electron chi connectivity index (χ4n) is 12.7. The predicted octanol–water partition coefficient (Wildman–Crippen LogP) is 16.9. The van der Waals surface area contributed by atoms with Crippen LogP contribution < -0.4 is 14.4 Å². The summed E-state index contributed by atoms with van der Waals surface area (Å²) in [5.74, 6) is 3.51. The van der Waals surface area contributed by atoms with Crippen LogP contribution in [0.15, 0.2) is 249 Å². The van der Waals surface area contributed by atoms with Crippen molar-refractivity contribution in [1.82, 2.24) is 0 Å². The molecule has 0 radical (unpaired) electrons. The second-order valence-electron chi connectivity index (χ2n) is 18.6. The van der Waals surface area contributed by atoms with Gasteiger partial charge >= 0.3 is 0 Å². The number of ether oxygens (including phenoxy) is 2. The molecule has 322 valence electrons. The molecule has 3 nitrogen and oxygen atoms in total. The Morgan fingerprint density at radius 1 is 0.275 bits per heavy atom. The normalized spacial score (nSPS) is 14.3. The molecule has 11 aromatic carbocycles. The Bertz CT molecular complexity index is 3830. The molecule has 0 N–H and O–H groups in total. The van der Waals surface area contributed by atoms with Crippen LogP contribution in [0.5, 0.6) is 23.0 Å². The highest BCUT2D eigenvalue weighted by Crippen LogP contribution is 2.66. The Morgan fingerprint density at radius 2 is 0.696 bits per heavy atom.